The van der Waals surface area contributed by atoms with Crippen LogP contribution in [0.15, 0.2) is 9.80 Å². The number of rotatable bonds is 4. The van der Waals surface area contributed by atoms with Crippen molar-refractivity contribution in [3.63, 3.8) is 0 Å². The summed E-state index contributed by atoms with van der Waals surface area (Å²) in [6.45, 7) is 3.89. The monoisotopic (exact) mass is 254 g/mol. The predicted octanol–water partition coefficient (Wildman–Crippen LogP) is 2.20. The molecule has 0 bridgehead atoms. The molecule has 2 heterocycles. The number of carbonyl (C=O) groups is 1. The largest absolute Gasteiger partial charge is 0.476 e. The number of aromatic carboxylic acids is 1. The molecule has 17 heavy (non-hydrogen) atoms. The van der Waals surface area contributed by atoms with Gasteiger partial charge in [0.1, 0.15) is 5.69 Å². The highest BCUT2D eigenvalue weighted by Crippen LogP contribution is 2.28. The third-order valence-corrected chi connectivity index (χ3v) is 2.69. The summed E-state index contributed by atoms with van der Waals surface area (Å²) in [6, 6.07) is 0. The number of ether oxygens (including phenoxy) is 1. The number of nitrogens with zero attached hydrogens (tertiary/aromatic N) is 2. The van der Waals surface area contributed by atoms with E-state index in [4.69, 9.17) is 14.3 Å². The smallest absolute Gasteiger partial charge is 0.362 e. The topological polar surface area (TPSA) is 85.5 Å². The van der Waals surface area contributed by atoms with Crippen molar-refractivity contribution >= 4 is 17.3 Å². The molecule has 90 valence electrons. The van der Waals surface area contributed by atoms with Crippen LogP contribution in [0, 0.1) is 6.92 Å². The first-order chi connectivity index (χ1) is 8.11. The van der Waals surface area contributed by atoms with Crippen molar-refractivity contribution in [1.29, 1.82) is 0 Å². The number of thiazole rings is 1. The number of aryl methyl sites for hydroxylation is 1. The summed E-state index contributed by atoms with van der Waals surface area (Å²) in [5.41, 5.74) is 0.286. The van der Waals surface area contributed by atoms with Gasteiger partial charge in [0.05, 0.1) is 11.6 Å². The molecule has 0 saturated carbocycles. The molecule has 0 aliphatic carbocycles. The molecule has 0 fully saturated rings. The van der Waals surface area contributed by atoms with E-state index in [0.29, 0.717) is 12.3 Å². The Morgan fingerprint density at radius 2 is 2.35 bits per heavy atom. The van der Waals surface area contributed by atoms with Gasteiger partial charge < -0.3 is 14.3 Å². The zero-order valence-electron chi connectivity index (χ0n) is 9.26. The van der Waals surface area contributed by atoms with Gasteiger partial charge in [-0.3, -0.25) is 0 Å². The molecular weight excluding hydrogens is 244 g/mol. The van der Waals surface area contributed by atoms with Crippen molar-refractivity contribution in [3.05, 3.63) is 16.1 Å². The molecule has 2 aromatic heterocycles. The molecule has 0 saturated heterocycles. The van der Waals surface area contributed by atoms with Crippen molar-refractivity contribution in [2.24, 2.45) is 0 Å². The van der Waals surface area contributed by atoms with E-state index in [2.05, 4.69) is 9.97 Å². The Labute approximate surface area is 101 Å². The van der Waals surface area contributed by atoms with Gasteiger partial charge in [-0.15, -0.1) is 11.3 Å². The normalized spacial score (nSPS) is 10.5. The van der Waals surface area contributed by atoms with Crippen molar-refractivity contribution in [1.82, 2.24) is 9.97 Å². The summed E-state index contributed by atoms with van der Waals surface area (Å²) < 4.78 is 10.3. The number of hydrogen-bond acceptors (Lipinski definition) is 6. The Kier molecular flexibility index (Phi) is 3.10. The van der Waals surface area contributed by atoms with Crippen LogP contribution in [0.4, 0.5) is 0 Å². The maximum atomic E-state index is 10.9. The van der Waals surface area contributed by atoms with Crippen LogP contribution in [-0.4, -0.2) is 27.7 Å². The van der Waals surface area contributed by atoms with Gasteiger partial charge in [-0.05, 0) is 13.8 Å². The lowest BCUT2D eigenvalue weighted by molar-refractivity contribution is 0.0683. The van der Waals surface area contributed by atoms with E-state index in [1.165, 1.54) is 11.3 Å². The van der Waals surface area contributed by atoms with E-state index in [0.717, 1.165) is 5.01 Å². The molecule has 6 nitrogen and oxygen atoms in total. The summed E-state index contributed by atoms with van der Waals surface area (Å²) in [6.07, 6.45) is 0. The van der Waals surface area contributed by atoms with Gasteiger partial charge in [0.25, 0.3) is 5.89 Å². The van der Waals surface area contributed by atoms with Crippen molar-refractivity contribution < 1.29 is 19.1 Å². The maximum absolute atomic E-state index is 10.9. The molecular formula is C10H10N2O4S. The molecule has 0 aliphatic rings. The Balaban J connectivity index is 2.43. The van der Waals surface area contributed by atoms with Crippen LogP contribution in [0.25, 0.3) is 11.6 Å². The number of carboxylic acids is 1. The minimum atomic E-state index is -1.18. The molecule has 0 unspecified atom stereocenters. The maximum Gasteiger partial charge on any atom is 0.362 e. The fourth-order valence-electron chi connectivity index (χ4n) is 1.24. The summed E-state index contributed by atoms with van der Waals surface area (Å²) in [5.74, 6) is -1.11. The van der Waals surface area contributed by atoms with Crippen LogP contribution in [-0.2, 0) is 0 Å². The third kappa shape index (κ3) is 2.28. The Hall–Kier alpha value is -1.89. The standard InChI is InChI=1S/C10H10N2O4S/c1-3-15-10-7(9(13)14)12-8(16-10)6-4-17-5(2)11-6/h4H,3H2,1-2H3,(H,13,14). The van der Waals surface area contributed by atoms with Gasteiger partial charge >= 0.3 is 11.9 Å². The average molecular weight is 254 g/mol. The van der Waals surface area contributed by atoms with Gasteiger partial charge in [0.15, 0.2) is 0 Å². The molecule has 0 radical (unpaired) electrons. The lowest BCUT2D eigenvalue weighted by Crippen LogP contribution is -2.01. The highest BCUT2D eigenvalue weighted by Gasteiger charge is 2.22. The van der Waals surface area contributed by atoms with E-state index in [1.807, 2.05) is 6.92 Å². The van der Waals surface area contributed by atoms with E-state index < -0.39 is 5.97 Å². The summed E-state index contributed by atoms with van der Waals surface area (Å²) in [5, 5.41) is 11.5. The molecule has 0 amide bonds. The SMILES string of the molecule is CCOc1oc(-c2csc(C)n2)nc1C(=O)O. The second-order valence-corrected chi connectivity index (χ2v) is 4.21. The fraction of sp³-hybridized carbons (Fsp3) is 0.300. The Morgan fingerprint density at radius 3 is 2.88 bits per heavy atom. The molecule has 0 aromatic carbocycles. The van der Waals surface area contributed by atoms with Crippen LogP contribution in [0.2, 0.25) is 0 Å². The third-order valence-electron chi connectivity index (χ3n) is 1.91. The molecule has 2 aromatic rings. The highest BCUT2D eigenvalue weighted by molar-refractivity contribution is 7.09. The second-order valence-electron chi connectivity index (χ2n) is 3.15. The fourth-order valence-corrected chi connectivity index (χ4v) is 1.83. The Morgan fingerprint density at radius 1 is 1.59 bits per heavy atom. The van der Waals surface area contributed by atoms with E-state index >= 15 is 0 Å². The quantitative estimate of drug-likeness (QED) is 0.900. The first-order valence-corrected chi connectivity index (χ1v) is 5.79. The van der Waals surface area contributed by atoms with Crippen molar-refractivity contribution in [2.45, 2.75) is 13.8 Å². The zero-order chi connectivity index (χ0) is 12.4. The molecule has 0 atom stereocenters. The predicted molar refractivity (Wildman–Crippen MR) is 60.5 cm³/mol. The number of oxazole rings is 1. The van der Waals surface area contributed by atoms with Gasteiger partial charge in [0, 0.05) is 5.38 Å². The van der Waals surface area contributed by atoms with Crippen LogP contribution in [0.1, 0.15) is 22.4 Å². The number of carboxylic acid groups (broad SMARTS) is 1. The van der Waals surface area contributed by atoms with Gasteiger partial charge in [-0.25, -0.2) is 9.78 Å². The zero-order valence-corrected chi connectivity index (χ0v) is 10.1. The molecule has 2 rings (SSSR count). The lowest BCUT2D eigenvalue weighted by atomic mass is 10.4. The number of aromatic nitrogens is 2. The van der Waals surface area contributed by atoms with Gasteiger partial charge in [0.2, 0.25) is 5.69 Å². The van der Waals surface area contributed by atoms with E-state index in [9.17, 15) is 4.79 Å². The Bertz CT molecular complexity index is 546. The van der Waals surface area contributed by atoms with Crippen LogP contribution in [0.3, 0.4) is 0 Å². The first-order valence-electron chi connectivity index (χ1n) is 4.91. The van der Waals surface area contributed by atoms with Crippen molar-refractivity contribution in [3.8, 4) is 17.5 Å². The van der Waals surface area contributed by atoms with Crippen molar-refractivity contribution in [2.75, 3.05) is 6.61 Å². The van der Waals surface area contributed by atoms with Crippen LogP contribution >= 0.6 is 11.3 Å². The molecule has 0 aliphatic heterocycles. The summed E-state index contributed by atoms with van der Waals surface area (Å²) in [7, 11) is 0. The minimum Gasteiger partial charge on any atom is -0.476 e. The molecule has 0 spiro atoms. The van der Waals surface area contributed by atoms with Crippen LogP contribution in [0.5, 0.6) is 5.95 Å². The first kappa shape index (κ1) is 11.6. The number of hydrogen-bond donors (Lipinski definition) is 1. The van der Waals surface area contributed by atoms with Gasteiger partial charge in [-0.1, -0.05) is 0 Å². The lowest BCUT2D eigenvalue weighted by Gasteiger charge is -1.96. The second kappa shape index (κ2) is 4.54. The minimum absolute atomic E-state index is 0.0827. The summed E-state index contributed by atoms with van der Waals surface area (Å²) >= 11 is 1.44. The van der Waals surface area contributed by atoms with Crippen LogP contribution < -0.4 is 4.74 Å². The van der Waals surface area contributed by atoms with Gasteiger partial charge in [-0.2, -0.15) is 4.98 Å². The van der Waals surface area contributed by atoms with E-state index in [-0.39, 0.29) is 17.5 Å². The molecule has 1 N–H and O–H groups in total. The molecule has 7 heteroatoms. The average Bonchev–Trinajstić information content (AvgIpc) is 2.85. The van der Waals surface area contributed by atoms with E-state index in [1.54, 1.807) is 12.3 Å². The highest BCUT2D eigenvalue weighted by atomic mass is 32.1. The summed E-state index contributed by atoms with van der Waals surface area (Å²) in [4.78, 5) is 19.0.